The summed E-state index contributed by atoms with van der Waals surface area (Å²) < 4.78 is 1.91. The molecule has 3 heteroatoms. The largest absolute Gasteiger partial charge is 0.387 e. The van der Waals surface area contributed by atoms with Crippen LogP contribution in [0.2, 0.25) is 0 Å². The van der Waals surface area contributed by atoms with Crippen LogP contribution in [0.15, 0.2) is 12.3 Å². The molecule has 2 atom stereocenters. The Morgan fingerprint density at radius 2 is 2.38 bits per heavy atom. The Labute approximate surface area is 78.4 Å². The summed E-state index contributed by atoms with van der Waals surface area (Å²) in [6.45, 7) is 5.28. The van der Waals surface area contributed by atoms with Gasteiger partial charge < -0.3 is 5.11 Å². The molecule has 0 saturated heterocycles. The number of hydrogen-bond acceptors (Lipinski definition) is 2. The molecular weight excluding hydrogens is 164 g/mol. The first-order valence-corrected chi connectivity index (χ1v) is 4.90. The highest BCUT2D eigenvalue weighted by atomic mass is 16.3. The highest BCUT2D eigenvalue weighted by Crippen LogP contribution is 2.34. The maximum absolute atomic E-state index is 10.0. The van der Waals surface area contributed by atoms with Gasteiger partial charge in [-0.3, -0.25) is 4.68 Å². The van der Waals surface area contributed by atoms with Crippen LogP contribution >= 0.6 is 0 Å². The number of aliphatic hydroxyl groups excluding tert-OH is 1. The zero-order valence-corrected chi connectivity index (χ0v) is 8.14. The molecule has 2 rings (SSSR count). The van der Waals surface area contributed by atoms with Crippen molar-refractivity contribution in [3.63, 3.8) is 0 Å². The van der Waals surface area contributed by atoms with Gasteiger partial charge in [-0.25, -0.2) is 0 Å². The molecule has 0 aromatic carbocycles. The lowest BCUT2D eigenvalue weighted by Gasteiger charge is -2.31. The van der Waals surface area contributed by atoms with Crippen LogP contribution in [0.4, 0.5) is 0 Å². The molecule has 0 amide bonds. The third-order valence-corrected chi connectivity index (χ3v) is 2.99. The van der Waals surface area contributed by atoms with Crippen LogP contribution in [0.25, 0.3) is 0 Å². The number of hydrogen-bond donors (Lipinski definition) is 1. The van der Waals surface area contributed by atoms with Gasteiger partial charge in [0.05, 0.1) is 11.8 Å². The fraction of sp³-hybridized carbons (Fsp3) is 0.700. The SMILES string of the molecule is CC(C)C1CCn2nccc2C1O. The molecule has 0 aliphatic carbocycles. The van der Waals surface area contributed by atoms with Crippen molar-refractivity contribution >= 4 is 0 Å². The number of aromatic nitrogens is 2. The van der Waals surface area contributed by atoms with E-state index in [1.807, 2.05) is 10.7 Å². The van der Waals surface area contributed by atoms with E-state index in [-0.39, 0.29) is 6.10 Å². The van der Waals surface area contributed by atoms with Gasteiger partial charge in [-0.05, 0) is 24.3 Å². The first-order chi connectivity index (χ1) is 6.20. The van der Waals surface area contributed by atoms with Gasteiger partial charge in [0.2, 0.25) is 0 Å². The standard InChI is InChI=1S/C10H16N2O/c1-7(2)8-4-6-12-9(10(8)13)3-5-11-12/h3,5,7-8,10,13H,4,6H2,1-2H3. The van der Waals surface area contributed by atoms with Crippen molar-refractivity contribution in [3.05, 3.63) is 18.0 Å². The summed E-state index contributed by atoms with van der Waals surface area (Å²) in [5, 5.41) is 14.2. The predicted octanol–water partition coefficient (Wildman–Crippen LogP) is 1.59. The third-order valence-electron chi connectivity index (χ3n) is 2.99. The van der Waals surface area contributed by atoms with Gasteiger partial charge in [-0.15, -0.1) is 0 Å². The van der Waals surface area contributed by atoms with Crippen molar-refractivity contribution < 1.29 is 5.11 Å². The molecule has 0 fully saturated rings. The van der Waals surface area contributed by atoms with Gasteiger partial charge >= 0.3 is 0 Å². The number of nitrogens with zero attached hydrogens (tertiary/aromatic N) is 2. The monoisotopic (exact) mass is 180 g/mol. The van der Waals surface area contributed by atoms with Crippen LogP contribution in [-0.2, 0) is 6.54 Å². The van der Waals surface area contributed by atoms with Crippen LogP contribution in [0.1, 0.15) is 32.1 Å². The van der Waals surface area contributed by atoms with E-state index in [1.54, 1.807) is 6.20 Å². The highest BCUT2D eigenvalue weighted by molar-refractivity contribution is 5.08. The fourth-order valence-electron chi connectivity index (χ4n) is 2.13. The summed E-state index contributed by atoms with van der Waals surface area (Å²) in [5.41, 5.74) is 0.977. The van der Waals surface area contributed by atoms with E-state index >= 15 is 0 Å². The fourth-order valence-corrected chi connectivity index (χ4v) is 2.13. The maximum atomic E-state index is 10.0. The van der Waals surface area contributed by atoms with Crippen LogP contribution in [0.3, 0.4) is 0 Å². The minimum absolute atomic E-state index is 0.323. The summed E-state index contributed by atoms with van der Waals surface area (Å²) >= 11 is 0. The zero-order chi connectivity index (χ0) is 9.42. The van der Waals surface area contributed by atoms with Crippen LogP contribution in [0, 0.1) is 11.8 Å². The minimum atomic E-state index is -0.323. The smallest absolute Gasteiger partial charge is 0.0987 e. The van der Waals surface area contributed by atoms with Crippen LogP contribution in [-0.4, -0.2) is 14.9 Å². The molecule has 0 radical (unpaired) electrons. The van der Waals surface area contributed by atoms with Crippen molar-refractivity contribution in [3.8, 4) is 0 Å². The Morgan fingerprint density at radius 1 is 1.62 bits per heavy atom. The molecule has 3 nitrogen and oxygen atoms in total. The van der Waals surface area contributed by atoms with Gasteiger partial charge in [-0.1, -0.05) is 13.8 Å². The topological polar surface area (TPSA) is 38.0 Å². The Morgan fingerprint density at radius 3 is 3.08 bits per heavy atom. The van der Waals surface area contributed by atoms with E-state index in [2.05, 4.69) is 18.9 Å². The average Bonchev–Trinajstić information content (AvgIpc) is 2.52. The molecule has 1 aromatic heterocycles. The van der Waals surface area contributed by atoms with Crippen molar-refractivity contribution in [2.24, 2.45) is 11.8 Å². The van der Waals surface area contributed by atoms with Crippen molar-refractivity contribution in [2.75, 3.05) is 0 Å². The molecule has 1 aliphatic rings. The summed E-state index contributed by atoms with van der Waals surface area (Å²) in [5.74, 6) is 0.933. The van der Waals surface area contributed by atoms with Crippen molar-refractivity contribution in [2.45, 2.75) is 32.9 Å². The van der Waals surface area contributed by atoms with E-state index in [4.69, 9.17) is 0 Å². The van der Waals surface area contributed by atoms with E-state index < -0.39 is 0 Å². The highest BCUT2D eigenvalue weighted by Gasteiger charge is 2.30. The zero-order valence-electron chi connectivity index (χ0n) is 8.14. The van der Waals surface area contributed by atoms with Gasteiger partial charge in [0, 0.05) is 12.7 Å². The van der Waals surface area contributed by atoms with E-state index in [0.29, 0.717) is 11.8 Å². The lowest BCUT2D eigenvalue weighted by molar-refractivity contribution is 0.0476. The summed E-state index contributed by atoms with van der Waals surface area (Å²) in [6.07, 6.45) is 2.48. The minimum Gasteiger partial charge on any atom is -0.387 e. The predicted molar refractivity (Wildman–Crippen MR) is 50.1 cm³/mol. The second-order valence-corrected chi connectivity index (χ2v) is 4.12. The Bertz CT molecular complexity index is 293. The lowest BCUT2D eigenvalue weighted by atomic mass is 9.84. The molecule has 0 spiro atoms. The van der Waals surface area contributed by atoms with Gasteiger partial charge in [0.1, 0.15) is 0 Å². The van der Waals surface area contributed by atoms with Crippen LogP contribution < -0.4 is 0 Å². The second kappa shape index (κ2) is 3.14. The normalized spacial score (nSPS) is 27.7. The Kier molecular flexibility index (Phi) is 2.12. The van der Waals surface area contributed by atoms with Gasteiger partial charge in [-0.2, -0.15) is 5.10 Å². The number of aliphatic hydroxyl groups is 1. The van der Waals surface area contributed by atoms with E-state index in [0.717, 1.165) is 18.7 Å². The third kappa shape index (κ3) is 1.37. The summed E-state index contributed by atoms with van der Waals surface area (Å²) in [7, 11) is 0. The second-order valence-electron chi connectivity index (χ2n) is 4.12. The first kappa shape index (κ1) is 8.75. The Balaban J connectivity index is 2.27. The molecule has 2 heterocycles. The number of aryl methyl sites for hydroxylation is 1. The van der Waals surface area contributed by atoms with Crippen LogP contribution in [0.5, 0.6) is 0 Å². The molecule has 1 aromatic rings. The maximum Gasteiger partial charge on any atom is 0.0987 e. The van der Waals surface area contributed by atoms with Gasteiger partial charge in [0.25, 0.3) is 0 Å². The lowest BCUT2D eigenvalue weighted by Crippen LogP contribution is -2.28. The number of fused-ring (bicyclic) bond motifs is 1. The average molecular weight is 180 g/mol. The summed E-state index contributed by atoms with van der Waals surface area (Å²) in [4.78, 5) is 0. The molecule has 13 heavy (non-hydrogen) atoms. The number of rotatable bonds is 1. The molecular formula is C10H16N2O. The quantitative estimate of drug-likeness (QED) is 0.712. The molecule has 1 aliphatic heterocycles. The molecule has 1 N–H and O–H groups in total. The molecule has 0 saturated carbocycles. The molecule has 72 valence electrons. The summed E-state index contributed by atoms with van der Waals surface area (Å²) in [6, 6.07) is 1.92. The van der Waals surface area contributed by atoms with Crippen molar-refractivity contribution in [1.29, 1.82) is 0 Å². The van der Waals surface area contributed by atoms with E-state index in [1.165, 1.54) is 0 Å². The molecule has 2 unspecified atom stereocenters. The molecule has 0 bridgehead atoms. The van der Waals surface area contributed by atoms with Gasteiger partial charge in [0.15, 0.2) is 0 Å². The van der Waals surface area contributed by atoms with Crippen molar-refractivity contribution in [1.82, 2.24) is 9.78 Å². The first-order valence-electron chi connectivity index (χ1n) is 4.90. The van der Waals surface area contributed by atoms with E-state index in [9.17, 15) is 5.11 Å². The Hall–Kier alpha value is -0.830.